The first-order valence-electron chi connectivity index (χ1n) is 6.94. The number of nitrogens with zero attached hydrogens (tertiary/aromatic N) is 1. The Morgan fingerprint density at radius 1 is 1.29 bits per heavy atom. The van der Waals surface area contributed by atoms with Crippen molar-refractivity contribution in [1.82, 2.24) is 10.2 Å². The molecule has 1 heterocycles. The van der Waals surface area contributed by atoms with Gasteiger partial charge < -0.3 is 10.2 Å². The van der Waals surface area contributed by atoms with Crippen LogP contribution in [0.15, 0.2) is 18.2 Å². The highest BCUT2D eigenvalue weighted by Gasteiger charge is 2.22. The molecular weight excluding hydrogens is 311 g/mol. The van der Waals surface area contributed by atoms with E-state index in [9.17, 15) is 9.59 Å². The van der Waals surface area contributed by atoms with Crippen LogP contribution in [0.4, 0.5) is 0 Å². The quantitative estimate of drug-likeness (QED) is 0.927. The highest BCUT2D eigenvalue weighted by atomic mass is 35.5. The summed E-state index contributed by atoms with van der Waals surface area (Å²) in [6.45, 7) is 2.95. The van der Waals surface area contributed by atoms with Crippen LogP contribution in [0.3, 0.4) is 0 Å². The van der Waals surface area contributed by atoms with Crippen molar-refractivity contribution in [3.8, 4) is 0 Å². The fourth-order valence-electron chi connectivity index (χ4n) is 2.47. The monoisotopic (exact) mass is 328 g/mol. The van der Waals surface area contributed by atoms with E-state index in [1.165, 1.54) is 0 Å². The Balaban J connectivity index is 1.85. The van der Waals surface area contributed by atoms with Crippen LogP contribution in [-0.2, 0) is 16.0 Å². The number of likely N-dealkylation sites (tertiary alicyclic amines) is 1. The lowest BCUT2D eigenvalue weighted by molar-refractivity contribution is -0.130. The highest BCUT2D eigenvalue weighted by Crippen LogP contribution is 2.21. The number of piperidine rings is 1. The molecule has 0 saturated carbocycles. The number of carbonyl (C=O) groups is 2. The van der Waals surface area contributed by atoms with E-state index in [1.54, 1.807) is 30.0 Å². The van der Waals surface area contributed by atoms with Gasteiger partial charge in [0.1, 0.15) is 0 Å². The molecule has 0 atom stereocenters. The van der Waals surface area contributed by atoms with Gasteiger partial charge in [-0.05, 0) is 36.6 Å². The van der Waals surface area contributed by atoms with Crippen LogP contribution in [0.25, 0.3) is 0 Å². The maximum absolute atomic E-state index is 12.1. The third kappa shape index (κ3) is 4.61. The Kier molecular flexibility index (Phi) is 5.48. The molecule has 2 amide bonds. The summed E-state index contributed by atoms with van der Waals surface area (Å²) in [5.41, 5.74) is 0.725. The van der Waals surface area contributed by atoms with Gasteiger partial charge in [-0.15, -0.1) is 0 Å². The molecule has 0 spiro atoms. The molecule has 1 saturated heterocycles. The fraction of sp³-hybridized carbons (Fsp3) is 0.467. The SMILES string of the molecule is CC(=O)N1CCC(NC(=O)Cc2cc(Cl)ccc2Cl)CC1. The van der Waals surface area contributed by atoms with E-state index < -0.39 is 0 Å². The Bertz CT molecular complexity index is 540. The smallest absolute Gasteiger partial charge is 0.224 e. The number of rotatable bonds is 3. The van der Waals surface area contributed by atoms with Gasteiger partial charge in [-0.3, -0.25) is 9.59 Å². The average molecular weight is 329 g/mol. The zero-order valence-electron chi connectivity index (χ0n) is 11.9. The number of halogens is 2. The predicted molar refractivity (Wildman–Crippen MR) is 83.6 cm³/mol. The van der Waals surface area contributed by atoms with Crippen molar-refractivity contribution in [1.29, 1.82) is 0 Å². The minimum absolute atomic E-state index is 0.0690. The lowest BCUT2D eigenvalue weighted by atomic mass is 10.0. The number of hydrogen-bond acceptors (Lipinski definition) is 2. The summed E-state index contributed by atoms with van der Waals surface area (Å²) in [7, 11) is 0. The zero-order valence-corrected chi connectivity index (χ0v) is 13.4. The third-order valence-electron chi connectivity index (χ3n) is 3.66. The maximum atomic E-state index is 12.1. The second kappa shape index (κ2) is 7.14. The van der Waals surface area contributed by atoms with Crippen LogP contribution in [0.2, 0.25) is 10.0 Å². The van der Waals surface area contributed by atoms with Gasteiger partial charge in [-0.2, -0.15) is 0 Å². The fourth-order valence-corrected chi connectivity index (χ4v) is 2.85. The number of hydrogen-bond donors (Lipinski definition) is 1. The maximum Gasteiger partial charge on any atom is 0.224 e. The molecule has 0 aromatic heterocycles. The molecule has 1 aliphatic heterocycles. The summed E-state index contributed by atoms with van der Waals surface area (Å²) in [5.74, 6) is 0.0194. The van der Waals surface area contributed by atoms with Gasteiger partial charge in [0.2, 0.25) is 11.8 Å². The molecule has 2 rings (SSSR count). The molecule has 0 bridgehead atoms. The molecule has 1 fully saturated rings. The summed E-state index contributed by atoms with van der Waals surface area (Å²) in [5, 5.41) is 4.10. The van der Waals surface area contributed by atoms with Gasteiger partial charge in [0.05, 0.1) is 6.42 Å². The largest absolute Gasteiger partial charge is 0.353 e. The normalized spacial score (nSPS) is 15.9. The van der Waals surface area contributed by atoms with Gasteiger partial charge in [-0.25, -0.2) is 0 Å². The van der Waals surface area contributed by atoms with Gasteiger partial charge in [0, 0.05) is 36.1 Å². The molecule has 1 aromatic rings. The van der Waals surface area contributed by atoms with Crippen LogP contribution >= 0.6 is 23.2 Å². The molecule has 1 aliphatic rings. The summed E-state index contributed by atoms with van der Waals surface area (Å²) in [4.78, 5) is 25.1. The minimum Gasteiger partial charge on any atom is -0.353 e. The van der Waals surface area contributed by atoms with Crippen molar-refractivity contribution in [2.75, 3.05) is 13.1 Å². The van der Waals surface area contributed by atoms with Crippen LogP contribution in [0.1, 0.15) is 25.3 Å². The first kappa shape index (κ1) is 16.1. The van der Waals surface area contributed by atoms with Crippen LogP contribution < -0.4 is 5.32 Å². The molecule has 6 heteroatoms. The molecule has 4 nitrogen and oxygen atoms in total. The van der Waals surface area contributed by atoms with Crippen molar-refractivity contribution < 1.29 is 9.59 Å². The summed E-state index contributed by atoms with van der Waals surface area (Å²) < 4.78 is 0. The topological polar surface area (TPSA) is 49.4 Å². The Hall–Kier alpha value is -1.26. The summed E-state index contributed by atoms with van der Waals surface area (Å²) in [6.07, 6.45) is 1.79. The van der Waals surface area contributed by atoms with Crippen molar-refractivity contribution in [2.45, 2.75) is 32.2 Å². The second-order valence-corrected chi connectivity index (χ2v) is 6.10. The molecule has 0 unspecified atom stereocenters. The third-order valence-corrected chi connectivity index (χ3v) is 4.27. The highest BCUT2D eigenvalue weighted by molar-refractivity contribution is 6.33. The molecule has 114 valence electrons. The average Bonchev–Trinajstić information content (AvgIpc) is 2.43. The second-order valence-electron chi connectivity index (χ2n) is 5.26. The molecular formula is C15H18Cl2N2O2. The Labute approximate surface area is 134 Å². The number of nitrogens with one attached hydrogen (secondary N) is 1. The number of benzene rings is 1. The zero-order chi connectivity index (χ0) is 15.4. The molecule has 0 aliphatic carbocycles. The molecule has 0 radical (unpaired) electrons. The van der Waals surface area contributed by atoms with E-state index >= 15 is 0 Å². The van der Waals surface area contributed by atoms with Crippen molar-refractivity contribution in [3.63, 3.8) is 0 Å². The van der Waals surface area contributed by atoms with Crippen LogP contribution in [-0.4, -0.2) is 35.8 Å². The Morgan fingerprint density at radius 3 is 2.57 bits per heavy atom. The molecule has 1 aromatic carbocycles. The lowest BCUT2D eigenvalue weighted by Gasteiger charge is -2.31. The summed E-state index contributed by atoms with van der Waals surface area (Å²) >= 11 is 12.0. The first-order chi connectivity index (χ1) is 9.95. The summed E-state index contributed by atoms with van der Waals surface area (Å²) in [6, 6.07) is 5.22. The lowest BCUT2D eigenvalue weighted by Crippen LogP contribution is -2.46. The standard InChI is InChI=1S/C15H18Cl2N2O2/c1-10(20)19-6-4-13(5-7-19)18-15(21)9-11-8-12(16)2-3-14(11)17/h2-3,8,13H,4-7,9H2,1H3,(H,18,21). The molecule has 21 heavy (non-hydrogen) atoms. The number of amides is 2. The first-order valence-corrected chi connectivity index (χ1v) is 7.70. The van der Waals surface area contributed by atoms with Gasteiger partial charge >= 0.3 is 0 Å². The van der Waals surface area contributed by atoms with E-state index in [2.05, 4.69) is 5.32 Å². The van der Waals surface area contributed by atoms with Crippen LogP contribution in [0.5, 0.6) is 0 Å². The van der Waals surface area contributed by atoms with Gasteiger partial charge in [-0.1, -0.05) is 23.2 Å². The number of carbonyl (C=O) groups excluding carboxylic acids is 2. The van der Waals surface area contributed by atoms with Crippen molar-refractivity contribution >= 4 is 35.0 Å². The predicted octanol–water partition coefficient (Wildman–Crippen LogP) is 2.66. The van der Waals surface area contributed by atoms with E-state index in [1.807, 2.05) is 0 Å². The van der Waals surface area contributed by atoms with E-state index in [-0.39, 0.29) is 24.3 Å². The molecule has 1 N–H and O–H groups in total. The van der Waals surface area contributed by atoms with E-state index in [0.29, 0.717) is 23.1 Å². The van der Waals surface area contributed by atoms with Gasteiger partial charge in [0.15, 0.2) is 0 Å². The minimum atomic E-state index is -0.0690. The van der Waals surface area contributed by atoms with E-state index in [4.69, 9.17) is 23.2 Å². The van der Waals surface area contributed by atoms with E-state index in [0.717, 1.165) is 18.4 Å². The van der Waals surface area contributed by atoms with Gasteiger partial charge in [0.25, 0.3) is 0 Å². The van der Waals surface area contributed by atoms with Crippen molar-refractivity contribution in [2.24, 2.45) is 0 Å². The van der Waals surface area contributed by atoms with Crippen molar-refractivity contribution in [3.05, 3.63) is 33.8 Å². The Morgan fingerprint density at radius 2 is 1.95 bits per heavy atom. The van der Waals surface area contributed by atoms with Crippen LogP contribution in [0, 0.1) is 0 Å².